The second-order valence-corrected chi connectivity index (χ2v) is 13.1. The molecule has 4 aromatic rings. The molecule has 2 saturated heterocycles. The van der Waals surface area contributed by atoms with Gasteiger partial charge in [-0.25, -0.2) is 4.68 Å². The predicted molar refractivity (Wildman–Crippen MR) is 153 cm³/mol. The Balaban J connectivity index is 1.04. The predicted octanol–water partition coefficient (Wildman–Crippen LogP) is 2.30. The molecule has 1 unspecified atom stereocenters. The topological polar surface area (TPSA) is 152 Å². The molecule has 4 heterocycles. The largest absolute Gasteiger partial charge is 0.387 e. The zero-order valence-corrected chi connectivity index (χ0v) is 24.0. The third-order valence-corrected chi connectivity index (χ3v) is 9.98. The number of benzene rings is 2. The summed E-state index contributed by atoms with van der Waals surface area (Å²) in [6, 6.07) is 16.5. The number of nitrogens with zero attached hydrogens (tertiary/aromatic N) is 5. The SMILES string of the molecule is O=P(O)(OCOC[C@H]1O[C@@H](n2ncc3c(N4CC5(CCc6ccccc65)C4)nc(Cl)nc32)[C@H](O)[C@@H]1O)c1ccccc1. The Labute approximate surface area is 246 Å². The maximum Gasteiger partial charge on any atom is 0.360 e. The first-order valence-electron chi connectivity index (χ1n) is 13.6. The first-order chi connectivity index (χ1) is 20.3. The van der Waals surface area contributed by atoms with Crippen molar-refractivity contribution in [3.05, 3.63) is 77.2 Å². The van der Waals surface area contributed by atoms with Crippen LogP contribution in [-0.4, -0.2) is 79.7 Å². The van der Waals surface area contributed by atoms with Gasteiger partial charge in [0.1, 0.15) is 24.1 Å². The van der Waals surface area contributed by atoms with E-state index in [9.17, 15) is 19.7 Å². The van der Waals surface area contributed by atoms with E-state index >= 15 is 0 Å². The third kappa shape index (κ3) is 4.72. The number of aliphatic hydroxyl groups excluding tert-OH is 2. The molecule has 42 heavy (non-hydrogen) atoms. The summed E-state index contributed by atoms with van der Waals surface area (Å²) in [4.78, 5) is 21.2. The molecule has 2 aliphatic heterocycles. The number of aliphatic hydroxyl groups is 2. The smallest absolute Gasteiger partial charge is 0.360 e. The van der Waals surface area contributed by atoms with E-state index in [1.807, 2.05) is 0 Å². The summed E-state index contributed by atoms with van der Waals surface area (Å²) < 4.78 is 30.1. The number of aryl methyl sites for hydroxylation is 1. The van der Waals surface area contributed by atoms with Gasteiger partial charge in [-0.1, -0.05) is 42.5 Å². The standard InChI is InChI=1S/C28H29ClN5O7P/c29-27-31-24(33-14-28(15-33)11-10-17-6-4-5-9-20(17)28)19-12-30-34(25(19)32-27)26-23(36)22(35)21(41-26)13-39-16-40-42(37,38)18-7-2-1-3-8-18/h1-9,12,21-23,26,35-36H,10-11,13-16H2,(H,37,38)/t21-,22-,23-,26-/m1/s1. The second-order valence-electron chi connectivity index (χ2n) is 11.0. The lowest BCUT2D eigenvalue weighted by Gasteiger charge is -2.49. The molecule has 5 atom stereocenters. The van der Waals surface area contributed by atoms with Gasteiger partial charge in [-0.15, -0.1) is 0 Å². The fraction of sp³-hybridized carbons (Fsp3) is 0.393. The average Bonchev–Trinajstić information content (AvgIpc) is 3.65. The molecule has 2 aromatic carbocycles. The molecule has 0 saturated carbocycles. The first kappa shape index (κ1) is 27.9. The number of anilines is 1. The molecule has 1 aliphatic carbocycles. The van der Waals surface area contributed by atoms with E-state index in [4.69, 9.17) is 25.6 Å². The van der Waals surface area contributed by atoms with E-state index in [2.05, 4.69) is 44.2 Å². The zero-order valence-electron chi connectivity index (χ0n) is 22.4. The maximum absolute atomic E-state index is 12.4. The van der Waals surface area contributed by atoms with Crippen LogP contribution < -0.4 is 10.2 Å². The Morgan fingerprint density at radius 2 is 1.83 bits per heavy atom. The Kier molecular flexibility index (Phi) is 7.07. The molecule has 0 bridgehead atoms. The van der Waals surface area contributed by atoms with Crippen LogP contribution in [0.25, 0.3) is 11.0 Å². The quantitative estimate of drug-likeness (QED) is 0.116. The van der Waals surface area contributed by atoms with Crippen molar-refractivity contribution in [3.8, 4) is 0 Å². The summed E-state index contributed by atoms with van der Waals surface area (Å²) in [5, 5.41) is 26.7. The Morgan fingerprint density at radius 1 is 1.07 bits per heavy atom. The molecule has 14 heteroatoms. The van der Waals surface area contributed by atoms with Crippen molar-refractivity contribution in [2.75, 3.05) is 31.4 Å². The zero-order chi connectivity index (χ0) is 29.1. The van der Waals surface area contributed by atoms with Crippen LogP contribution in [-0.2, 0) is 30.4 Å². The summed E-state index contributed by atoms with van der Waals surface area (Å²) in [5.41, 5.74) is 3.24. The van der Waals surface area contributed by atoms with Crippen molar-refractivity contribution >= 4 is 41.4 Å². The van der Waals surface area contributed by atoms with E-state index in [-0.39, 0.29) is 22.6 Å². The van der Waals surface area contributed by atoms with Gasteiger partial charge in [-0.2, -0.15) is 15.1 Å². The first-order valence-corrected chi connectivity index (χ1v) is 15.6. The van der Waals surface area contributed by atoms with Crippen LogP contribution in [0.15, 0.2) is 60.8 Å². The fourth-order valence-corrected chi connectivity index (χ4v) is 7.35. The minimum atomic E-state index is -4.08. The number of hydrogen-bond acceptors (Lipinski definition) is 10. The summed E-state index contributed by atoms with van der Waals surface area (Å²) in [5.74, 6) is 0.656. The third-order valence-electron chi connectivity index (χ3n) is 8.41. The van der Waals surface area contributed by atoms with Crippen LogP contribution in [0, 0.1) is 0 Å². The highest BCUT2D eigenvalue weighted by molar-refractivity contribution is 7.61. The van der Waals surface area contributed by atoms with Crippen molar-refractivity contribution in [1.29, 1.82) is 0 Å². The van der Waals surface area contributed by atoms with Crippen molar-refractivity contribution in [1.82, 2.24) is 19.7 Å². The normalized spacial score (nSPS) is 26.0. The molecule has 2 aromatic heterocycles. The molecule has 12 nitrogen and oxygen atoms in total. The molecular formula is C28H29ClN5O7P. The van der Waals surface area contributed by atoms with Gasteiger partial charge >= 0.3 is 7.60 Å². The average molecular weight is 614 g/mol. The number of rotatable bonds is 8. The van der Waals surface area contributed by atoms with Gasteiger partial charge in [0, 0.05) is 18.5 Å². The van der Waals surface area contributed by atoms with Gasteiger partial charge in [0.15, 0.2) is 18.7 Å². The fourth-order valence-electron chi connectivity index (χ4n) is 6.27. The van der Waals surface area contributed by atoms with Crippen LogP contribution in [0.4, 0.5) is 5.82 Å². The number of ether oxygens (including phenoxy) is 2. The molecule has 220 valence electrons. The molecule has 3 aliphatic rings. The van der Waals surface area contributed by atoms with Gasteiger partial charge in [-0.05, 0) is 47.7 Å². The van der Waals surface area contributed by atoms with E-state index in [0.29, 0.717) is 16.9 Å². The van der Waals surface area contributed by atoms with Crippen molar-refractivity contribution < 1.29 is 33.7 Å². The minimum absolute atomic E-state index is 0.0314. The van der Waals surface area contributed by atoms with Gasteiger partial charge in [-0.3, -0.25) is 9.09 Å². The van der Waals surface area contributed by atoms with Crippen molar-refractivity contribution in [2.24, 2.45) is 0 Å². The Morgan fingerprint density at radius 3 is 2.64 bits per heavy atom. The number of halogens is 1. The number of aromatic nitrogens is 4. The van der Waals surface area contributed by atoms with Gasteiger partial charge in [0.25, 0.3) is 0 Å². The maximum atomic E-state index is 12.4. The highest BCUT2D eigenvalue weighted by atomic mass is 35.5. The summed E-state index contributed by atoms with van der Waals surface area (Å²) in [6.45, 7) is 0.868. The summed E-state index contributed by atoms with van der Waals surface area (Å²) in [7, 11) is -4.08. The van der Waals surface area contributed by atoms with Crippen LogP contribution in [0.2, 0.25) is 5.28 Å². The Bertz CT molecular complexity index is 1670. The van der Waals surface area contributed by atoms with Gasteiger partial charge < -0.3 is 29.5 Å². The van der Waals surface area contributed by atoms with Crippen molar-refractivity contribution in [3.63, 3.8) is 0 Å². The highest BCUT2D eigenvalue weighted by Crippen LogP contribution is 2.48. The molecule has 3 N–H and O–H groups in total. The van der Waals surface area contributed by atoms with Crippen LogP contribution >= 0.6 is 19.2 Å². The molecule has 0 amide bonds. The highest BCUT2D eigenvalue weighted by Gasteiger charge is 2.49. The summed E-state index contributed by atoms with van der Waals surface area (Å²) >= 11 is 6.36. The lowest BCUT2D eigenvalue weighted by Crippen LogP contribution is -2.58. The van der Waals surface area contributed by atoms with E-state index in [1.165, 1.54) is 27.9 Å². The lowest BCUT2D eigenvalue weighted by molar-refractivity contribution is -0.0901. The molecule has 0 radical (unpaired) electrons. The number of fused-ring (bicyclic) bond motifs is 3. The molecular weight excluding hydrogens is 585 g/mol. The van der Waals surface area contributed by atoms with E-state index in [0.717, 1.165) is 25.9 Å². The van der Waals surface area contributed by atoms with E-state index < -0.39 is 38.9 Å². The molecule has 1 spiro atoms. The monoisotopic (exact) mass is 613 g/mol. The Hall–Kier alpha value is -2.93. The minimum Gasteiger partial charge on any atom is -0.387 e. The number of hydrogen-bond donors (Lipinski definition) is 3. The van der Waals surface area contributed by atoms with Gasteiger partial charge in [0.2, 0.25) is 5.28 Å². The van der Waals surface area contributed by atoms with Crippen LogP contribution in [0.3, 0.4) is 0 Å². The molecule has 2 fully saturated rings. The molecule has 7 rings (SSSR count). The van der Waals surface area contributed by atoms with Crippen LogP contribution in [0.5, 0.6) is 0 Å². The van der Waals surface area contributed by atoms with Crippen LogP contribution in [0.1, 0.15) is 23.8 Å². The van der Waals surface area contributed by atoms with E-state index in [1.54, 1.807) is 24.4 Å². The van der Waals surface area contributed by atoms with Crippen molar-refractivity contribution in [2.45, 2.75) is 42.8 Å². The van der Waals surface area contributed by atoms with Gasteiger partial charge in [0.05, 0.1) is 23.5 Å². The second kappa shape index (κ2) is 10.7. The summed E-state index contributed by atoms with van der Waals surface area (Å²) in [6.07, 6.45) is -0.961. The lowest BCUT2D eigenvalue weighted by atomic mass is 9.75.